The second-order valence-corrected chi connectivity index (χ2v) is 3.71. The third-order valence-electron chi connectivity index (χ3n) is 2.68. The number of nitrogens with zero attached hydrogens (tertiary/aromatic N) is 1. The van der Waals surface area contributed by atoms with Crippen LogP contribution in [0.15, 0.2) is 0 Å². The number of carboxylic acid groups (broad SMARTS) is 1. The molecule has 82 valence electrons. The summed E-state index contributed by atoms with van der Waals surface area (Å²) in [5.74, 6) is -0.871. The molecule has 1 fully saturated rings. The number of carboxylic acids is 1. The lowest BCUT2D eigenvalue weighted by atomic mass is 10.2. The molecule has 0 spiro atoms. The molecule has 0 amide bonds. The molecule has 0 aliphatic carbocycles. The van der Waals surface area contributed by atoms with Gasteiger partial charge >= 0.3 is 5.97 Å². The van der Waals surface area contributed by atoms with E-state index in [1.54, 1.807) is 0 Å². The third kappa shape index (κ3) is 2.94. The zero-order valence-corrected chi connectivity index (χ0v) is 8.22. The molecule has 5 heteroatoms. The number of hydrogen-bond acceptors (Lipinski definition) is 4. The molecule has 0 aromatic heterocycles. The van der Waals surface area contributed by atoms with E-state index in [2.05, 4.69) is 0 Å². The standard InChI is InChI=1S/C9H18N2O3/c10-6-8(9(13)14)11-4-1-2-7(12)3-5-11/h7-8,12H,1-6,10H2,(H,13,14). The fourth-order valence-electron chi connectivity index (χ4n) is 1.82. The Labute approximate surface area is 83.5 Å². The number of aliphatic hydroxyl groups excluding tert-OH is 1. The normalized spacial score (nSPS) is 26.9. The first-order chi connectivity index (χ1) is 6.65. The Morgan fingerprint density at radius 2 is 2.21 bits per heavy atom. The van der Waals surface area contributed by atoms with Gasteiger partial charge in [-0.05, 0) is 25.8 Å². The fraction of sp³-hybridized carbons (Fsp3) is 0.889. The van der Waals surface area contributed by atoms with Crippen LogP contribution >= 0.6 is 0 Å². The highest BCUT2D eigenvalue weighted by Gasteiger charge is 2.26. The largest absolute Gasteiger partial charge is 0.480 e. The van der Waals surface area contributed by atoms with Crippen molar-refractivity contribution in [1.82, 2.24) is 4.90 Å². The van der Waals surface area contributed by atoms with Crippen LogP contribution < -0.4 is 5.73 Å². The van der Waals surface area contributed by atoms with Gasteiger partial charge in [-0.1, -0.05) is 0 Å². The number of hydrogen-bond donors (Lipinski definition) is 3. The first-order valence-electron chi connectivity index (χ1n) is 5.00. The van der Waals surface area contributed by atoms with Crippen molar-refractivity contribution < 1.29 is 15.0 Å². The maximum Gasteiger partial charge on any atom is 0.322 e. The highest BCUT2D eigenvalue weighted by atomic mass is 16.4. The van der Waals surface area contributed by atoms with Crippen molar-refractivity contribution >= 4 is 5.97 Å². The van der Waals surface area contributed by atoms with Gasteiger partial charge in [-0.2, -0.15) is 0 Å². The number of rotatable bonds is 3. The Bertz CT molecular complexity index is 198. The molecule has 1 rings (SSSR count). The topological polar surface area (TPSA) is 86.8 Å². The highest BCUT2D eigenvalue weighted by molar-refractivity contribution is 5.73. The van der Waals surface area contributed by atoms with E-state index >= 15 is 0 Å². The van der Waals surface area contributed by atoms with Crippen LogP contribution in [0.2, 0.25) is 0 Å². The monoisotopic (exact) mass is 202 g/mol. The molecule has 2 unspecified atom stereocenters. The molecule has 5 nitrogen and oxygen atoms in total. The quantitative estimate of drug-likeness (QED) is 0.560. The molecule has 14 heavy (non-hydrogen) atoms. The van der Waals surface area contributed by atoms with Crippen LogP contribution in [-0.2, 0) is 4.79 Å². The second-order valence-electron chi connectivity index (χ2n) is 3.71. The molecule has 0 radical (unpaired) electrons. The van der Waals surface area contributed by atoms with Crippen molar-refractivity contribution in [3.05, 3.63) is 0 Å². The van der Waals surface area contributed by atoms with E-state index in [1.807, 2.05) is 4.90 Å². The lowest BCUT2D eigenvalue weighted by Gasteiger charge is -2.25. The predicted octanol–water partition coefficient (Wildman–Crippen LogP) is -0.755. The van der Waals surface area contributed by atoms with E-state index < -0.39 is 12.0 Å². The van der Waals surface area contributed by atoms with Gasteiger partial charge in [-0.15, -0.1) is 0 Å². The van der Waals surface area contributed by atoms with Crippen molar-refractivity contribution in [1.29, 1.82) is 0 Å². The van der Waals surface area contributed by atoms with Gasteiger partial charge in [0.2, 0.25) is 0 Å². The lowest BCUT2D eigenvalue weighted by Crippen LogP contribution is -2.46. The van der Waals surface area contributed by atoms with E-state index in [-0.39, 0.29) is 12.6 Å². The molecule has 1 aliphatic heterocycles. The maximum atomic E-state index is 10.8. The Morgan fingerprint density at radius 3 is 2.79 bits per heavy atom. The molecule has 4 N–H and O–H groups in total. The van der Waals surface area contributed by atoms with Crippen molar-refractivity contribution in [3.8, 4) is 0 Å². The number of carbonyl (C=O) groups is 1. The number of likely N-dealkylation sites (tertiary alicyclic amines) is 1. The van der Waals surface area contributed by atoms with Gasteiger partial charge in [0.05, 0.1) is 6.10 Å². The summed E-state index contributed by atoms with van der Waals surface area (Å²) >= 11 is 0. The van der Waals surface area contributed by atoms with Gasteiger partial charge in [0.25, 0.3) is 0 Å². The SMILES string of the molecule is NCC(C(=O)O)N1CCCC(O)CC1. The Hall–Kier alpha value is -0.650. The second kappa shape index (κ2) is 5.29. The molecular weight excluding hydrogens is 184 g/mol. The summed E-state index contributed by atoms with van der Waals surface area (Å²) in [5.41, 5.74) is 5.41. The van der Waals surface area contributed by atoms with Gasteiger partial charge in [-0.3, -0.25) is 9.69 Å². The number of aliphatic carboxylic acids is 1. The number of aliphatic hydroxyl groups is 1. The smallest absolute Gasteiger partial charge is 0.322 e. The van der Waals surface area contributed by atoms with Crippen molar-refractivity contribution in [2.45, 2.75) is 31.4 Å². The summed E-state index contributed by atoms with van der Waals surface area (Å²) < 4.78 is 0. The van der Waals surface area contributed by atoms with Crippen LogP contribution in [-0.4, -0.2) is 52.9 Å². The summed E-state index contributed by atoms with van der Waals surface area (Å²) in [6, 6.07) is -0.597. The molecule has 0 aromatic carbocycles. The molecule has 0 bridgehead atoms. The zero-order chi connectivity index (χ0) is 10.6. The summed E-state index contributed by atoms with van der Waals surface area (Å²) in [4.78, 5) is 12.7. The average Bonchev–Trinajstić information content (AvgIpc) is 2.32. The van der Waals surface area contributed by atoms with Gasteiger partial charge in [0.1, 0.15) is 6.04 Å². The number of nitrogens with two attached hydrogens (primary N) is 1. The van der Waals surface area contributed by atoms with E-state index in [0.717, 1.165) is 12.8 Å². The lowest BCUT2D eigenvalue weighted by molar-refractivity contribution is -0.142. The zero-order valence-electron chi connectivity index (χ0n) is 8.22. The molecule has 0 saturated carbocycles. The summed E-state index contributed by atoms with van der Waals surface area (Å²) in [6.45, 7) is 1.46. The van der Waals surface area contributed by atoms with E-state index in [9.17, 15) is 9.90 Å². The van der Waals surface area contributed by atoms with Crippen LogP contribution in [0.5, 0.6) is 0 Å². The maximum absolute atomic E-state index is 10.8. The van der Waals surface area contributed by atoms with Gasteiger partial charge in [0, 0.05) is 13.1 Å². The van der Waals surface area contributed by atoms with E-state index in [4.69, 9.17) is 10.8 Å². The van der Waals surface area contributed by atoms with E-state index in [0.29, 0.717) is 19.5 Å². The van der Waals surface area contributed by atoms with Crippen molar-refractivity contribution in [2.24, 2.45) is 5.73 Å². The Morgan fingerprint density at radius 1 is 1.50 bits per heavy atom. The average molecular weight is 202 g/mol. The van der Waals surface area contributed by atoms with Crippen LogP contribution in [0.4, 0.5) is 0 Å². The Balaban J connectivity index is 2.53. The van der Waals surface area contributed by atoms with Gasteiger partial charge in [0.15, 0.2) is 0 Å². The first-order valence-corrected chi connectivity index (χ1v) is 5.00. The van der Waals surface area contributed by atoms with E-state index in [1.165, 1.54) is 0 Å². The van der Waals surface area contributed by atoms with Crippen LogP contribution in [0.1, 0.15) is 19.3 Å². The van der Waals surface area contributed by atoms with Gasteiger partial charge < -0.3 is 15.9 Å². The summed E-state index contributed by atoms with van der Waals surface area (Å²) in [6.07, 6.45) is 1.95. The molecule has 1 aliphatic rings. The first kappa shape index (κ1) is 11.4. The van der Waals surface area contributed by atoms with Crippen LogP contribution in [0.3, 0.4) is 0 Å². The highest BCUT2D eigenvalue weighted by Crippen LogP contribution is 2.13. The minimum absolute atomic E-state index is 0.130. The van der Waals surface area contributed by atoms with Crippen molar-refractivity contribution in [3.63, 3.8) is 0 Å². The Kier molecular flexibility index (Phi) is 4.31. The third-order valence-corrected chi connectivity index (χ3v) is 2.68. The van der Waals surface area contributed by atoms with Crippen LogP contribution in [0.25, 0.3) is 0 Å². The fourth-order valence-corrected chi connectivity index (χ4v) is 1.82. The minimum Gasteiger partial charge on any atom is -0.480 e. The molecular formula is C9H18N2O3. The summed E-state index contributed by atoms with van der Waals surface area (Å²) in [5, 5.41) is 18.3. The predicted molar refractivity (Wildman–Crippen MR) is 51.9 cm³/mol. The minimum atomic E-state index is -0.871. The van der Waals surface area contributed by atoms with Crippen LogP contribution in [0, 0.1) is 0 Å². The molecule has 0 aromatic rings. The molecule has 1 saturated heterocycles. The summed E-state index contributed by atoms with van der Waals surface area (Å²) in [7, 11) is 0. The molecule has 2 atom stereocenters. The molecule has 1 heterocycles. The van der Waals surface area contributed by atoms with Crippen molar-refractivity contribution in [2.75, 3.05) is 19.6 Å². The van der Waals surface area contributed by atoms with Gasteiger partial charge in [-0.25, -0.2) is 0 Å².